The van der Waals surface area contributed by atoms with Crippen molar-refractivity contribution in [3.8, 4) is 0 Å². The van der Waals surface area contributed by atoms with Gasteiger partial charge in [-0.25, -0.2) is 13.2 Å². The molecule has 2 aliphatic heterocycles. The van der Waals surface area contributed by atoms with E-state index in [1.165, 1.54) is 6.08 Å². The Labute approximate surface area is 243 Å². The average molecular weight is 598 g/mol. The van der Waals surface area contributed by atoms with Crippen molar-refractivity contribution in [2.45, 2.75) is 76.7 Å². The number of amides is 2. The first-order valence-corrected chi connectivity index (χ1v) is 14.4. The number of anilines is 1. The summed E-state index contributed by atoms with van der Waals surface area (Å²) < 4.78 is 45.1. The summed E-state index contributed by atoms with van der Waals surface area (Å²) in [6.45, 7) is 7.77. The van der Waals surface area contributed by atoms with E-state index in [-0.39, 0.29) is 34.7 Å². The second-order valence-corrected chi connectivity index (χ2v) is 13.1. The van der Waals surface area contributed by atoms with Crippen molar-refractivity contribution in [2.75, 3.05) is 18.5 Å². The van der Waals surface area contributed by atoms with Crippen LogP contribution in [0.3, 0.4) is 0 Å². The molecule has 0 radical (unpaired) electrons. The van der Waals surface area contributed by atoms with Gasteiger partial charge >= 0.3 is 0 Å². The van der Waals surface area contributed by atoms with Gasteiger partial charge in [0.1, 0.15) is 6.17 Å². The molecule has 2 unspecified atom stereocenters. The molecule has 11 heteroatoms. The number of carbonyl (C=O) groups excluding carboxylic acids is 2. The molecule has 1 aromatic carbocycles. The van der Waals surface area contributed by atoms with Crippen molar-refractivity contribution >= 4 is 29.1 Å². The zero-order chi connectivity index (χ0) is 30.3. The number of allylic oxidation sites excluding steroid dienone is 4. The van der Waals surface area contributed by atoms with Crippen molar-refractivity contribution in [3.05, 3.63) is 52.6 Å². The summed E-state index contributed by atoms with van der Waals surface area (Å²) in [6.07, 6.45) is 2.98. The molecular formula is C30H39ClF3N3O4. The molecule has 5 N–H and O–H groups in total. The molecule has 3 aliphatic rings. The largest absolute Gasteiger partial charge is 0.394 e. The summed E-state index contributed by atoms with van der Waals surface area (Å²) in [6, 6.07) is 0.0255. The first-order chi connectivity index (χ1) is 19.2. The van der Waals surface area contributed by atoms with E-state index in [2.05, 4.69) is 29.8 Å². The van der Waals surface area contributed by atoms with Crippen LogP contribution in [0.5, 0.6) is 0 Å². The fourth-order valence-corrected chi connectivity index (χ4v) is 7.42. The number of aliphatic hydroxyl groups is 2. The van der Waals surface area contributed by atoms with Crippen LogP contribution >= 0.6 is 11.6 Å². The van der Waals surface area contributed by atoms with Gasteiger partial charge in [-0.2, -0.15) is 0 Å². The van der Waals surface area contributed by atoms with Crippen molar-refractivity contribution < 1.29 is 33.0 Å². The monoisotopic (exact) mass is 597 g/mol. The zero-order valence-corrected chi connectivity index (χ0v) is 24.4. The van der Waals surface area contributed by atoms with E-state index in [1.54, 1.807) is 12.2 Å². The fourth-order valence-electron chi connectivity index (χ4n) is 7.20. The Morgan fingerprint density at radius 3 is 2.59 bits per heavy atom. The minimum atomic E-state index is -1.75. The number of fused-ring (bicyclic) bond motifs is 2. The smallest absolute Gasteiger partial charge is 0.237 e. The van der Waals surface area contributed by atoms with Gasteiger partial charge in [-0.1, -0.05) is 51.4 Å². The molecular weight excluding hydrogens is 559 g/mol. The lowest BCUT2D eigenvalue weighted by molar-refractivity contribution is -0.126. The van der Waals surface area contributed by atoms with Crippen LogP contribution in [0.15, 0.2) is 35.4 Å². The Morgan fingerprint density at radius 1 is 1.24 bits per heavy atom. The number of alkyl halides is 1. The number of halogens is 4. The van der Waals surface area contributed by atoms with Crippen molar-refractivity contribution in [3.63, 3.8) is 0 Å². The van der Waals surface area contributed by atoms with E-state index >= 15 is 4.39 Å². The van der Waals surface area contributed by atoms with Gasteiger partial charge in [-0.15, -0.1) is 0 Å². The maximum Gasteiger partial charge on any atom is 0.237 e. The summed E-state index contributed by atoms with van der Waals surface area (Å²) in [7, 11) is 0. The van der Waals surface area contributed by atoms with Gasteiger partial charge in [-0.3, -0.25) is 9.59 Å². The number of nitrogens with one attached hydrogen (secondary N) is 3. The van der Waals surface area contributed by atoms with E-state index in [0.29, 0.717) is 12.3 Å². The van der Waals surface area contributed by atoms with Gasteiger partial charge in [0.2, 0.25) is 11.8 Å². The van der Waals surface area contributed by atoms with Gasteiger partial charge in [0.05, 0.1) is 29.2 Å². The molecule has 0 saturated carbocycles. The molecule has 2 amide bonds. The fraction of sp³-hybridized carbons (Fsp3) is 0.600. The van der Waals surface area contributed by atoms with Gasteiger partial charge in [0.25, 0.3) is 0 Å². The van der Waals surface area contributed by atoms with E-state index in [9.17, 15) is 23.5 Å². The highest BCUT2D eigenvalue weighted by Crippen LogP contribution is 2.57. The van der Waals surface area contributed by atoms with Crippen LogP contribution in [0.2, 0.25) is 0 Å². The SMILES string of the molecule is CC(C)CC(C)(C)C[C@H]1N[C@@H](C(=O)NCC[C@H](O)CO)[C@H](C2C=CC=C(Cl)C2F)[C@@]12C(=O)Nc1cc(F)c(F)cc12. The van der Waals surface area contributed by atoms with Gasteiger partial charge < -0.3 is 26.2 Å². The Morgan fingerprint density at radius 2 is 1.93 bits per heavy atom. The first kappa shape index (κ1) is 31.5. The topological polar surface area (TPSA) is 111 Å². The van der Waals surface area contributed by atoms with Gasteiger partial charge in [0.15, 0.2) is 11.6 Å². The highest BCUT2D eigenvalue weighted by Gasteiger charge is 2.68. The molecule has 226 valence electrons. The summed E-state index contributed by atoms with van der Waals surface area (Å²) in [5.41, 5.74) is -1.74. The molecule has 0 aromatic heterocycles. The van der Waals surface area contributed by atoms with E-state index in [4.69, 9.17) is 16.7 Å². The Bertz CT molecular complexity index is 1240. The number of carbonyl (C=O) groups is 2. The number of hydrogen-bond acceptors (Lipinski definition) is 5. The molecule has 1 fully saturated rings. The zero-order valence-electron chi connectivity index (χ0n) is 23.7. The van der Waals surface area contributed by atoms with Gasteiger partial charge in [-0.05, 0) is 48.3 Å². The van der Waals surface area contributed by atoms with Crippen molar-refractivity contribution in [1.82, 2.24) is 10.6 Å². The van der Waals surface area contributed by atoms with Crippen LogP contribution < -0.4 is 16.0 Å². The Kier molecular flexibility index (Phi) is 9.28. The van der Waals surface area contributed by atoms with Crippen molar-refractivity contribution in [2.24, 2.45) is 23.2 Å². The highest BCUT2D eigenvalue weighted by atomic mass is 35.5. The lowest BCUT2D eigenvalue weighted by atomic mass is 9.59. The summed E-state index contributed by atoms with van der Waals surface area (Å²) in [5.74, 6) is -5.22. The average Bonchev–Trinajstić information content (AvgIpc) is 3.35. The van der Waals surface area contributed by atoms with Crippen LogP contribution in [0.25, 0.3) is 0 Å². The maximum atomic E-state index is 15.9. The summed E-state index contributed by atoms with van der Waals surface area (Å²) >= 11 is 6.23. The molecule has 0 bridgehead atoms. The minimum Gasteiger partial charge on any atom is -0.394 e. The summed E-state index contributed by atoms with van der Waals surface area (Å²) in [5, 5.41) is 27.6. The Hall–Kier alpha value is -2.40. The molecule has 1 aliphatic carbocycles. The third kappa shape index (κ3) is 5.94. The Balaban J connectivity index is 1.88. The van der Waals surface area contributed by atoms with Gasteiger partial charge in [0, 0.05) is 36.2 Å². The van der Waals surface area contributed by atoms with E-state index in [0.717, 1.165) is 18.6 Å². The normalized spacial score (nSPS) is 30.0. The number of aliphatic hydroxyl groups excluding tert-OH is 2. The molecule has 7 nitrogen and oxygen atoms in total. The number of hydrogen-bond donors (Lipinski definition) is 5. The summed E-state index contributed by atoms with van der Waals surface area (Å²) in [4.78, 5) is 27.9. The molecule has 7 atom stereocenters. The molecule has 1 aromatic rings. The predicted octanol–water partition coefficient (Wildman–Crippen LogP) is 4.08. The van der Waals surface area contributed by atoms with Crippen LogP contribution in [0.4, 0.5) is 18.9 Å². The molecule has 4 rings (SSSR count). The molecule has 1 saturated heterocycles. The third-order valence-electron chi connectivity index (χ3n) is 8.54. The second kappa shape index (κ2) is 12.1. The van der Waals surface area contributed by atoms with Crippen LogP contribution in [0, 0.1) is 34.8 Å². The van der Waals surface area contributed by atoms with Crippen molar-refractivity contribution in [1.29, 1.82) is 0 Å². The van der Waals surface area contributed by atoms with E-state index < -0.39 is 71.7 Å². The quantitative estimate of drug-likeness (QED) is 0.279. The van der Waals surface area contributed by atoms with Crippen LogP contribution in [-0.4, -0.2) is 59.5 Å². The van der Waals surface area contributed by atoms with Crippen LogP contribution in [0.1, 0.15) is 52.5 Å². The molecule has 41 heavy (non-hydrogen) atoms. The maximum absolute atomic E-state index is 15.9. The third-order valence-corrected chi connectivity index (χ3v) is 8.87. The standard InChI is InChI=1S/C30H39ClF3N3O4/c1-15(2)12-29(3,4)13-23-30(18-10-20(32)21(33)11-22(18)36-28(30)41)24(17-6-5-7-19(31)25(17)34)26(37-23)27(40)35-9-8-16(39)14-38/h5-7,10-11,15-17,23-26,37-39H,8-9,12-14H2,1-4H3,(H,35,40)(H,36,41)/t16-,17?,23+,24-,25?,26+,30-/m0/s1. The second-order valence-electron chi connectivity index (χ2n) is 12.7. The predicted molar refractivity (Wildman–Crippen MR) is 151 cm³/mol. The lowest BCUT2D eigenvalue weighted by Gasteiger charge is -2.42. The highest BCUT2D eigenvalue weighted by molar-refractivity contribution is 6.30. The lowest BCUT2D eigenvalue weighted by Crippen LogP contribution is -2.54. The number of rotatable bonds is 10. The molecule has 2 heterocycles. The molecule has 1 spiro atoms. The minimum absolute atomic E-state index is 0.0187. The number of benzene rings is 1. The van der Waals surface area contributed by atoms with E-state index in [1.807, 2.05) is 13.8 Å². The van der Waals surface area contributed by atoms with Crippen LogP contribution in [-0.2, 0) is 15.0 Å². The first-order valence-electron chi connectivity index (χ1n) is 14.0.